The highest BCUT2D eigenvalue weighted by molar-refractivity contribution is 5.95. The van der Waals surface area contributed by atoms with Crippen LogP contribution in [-0.2, 0) is 16.0 Å². The molecule has 1 atom stereocenters. The Morgan fingerprint density at radius 2 is 1.66 bits per heavy atom. The highest BCUT2D eigenvalue weighted by Crippen LogP contribution is 2.22. The average Bonchev–Trinajstić information content (AvgIpc) is 2.68. The van der Waals surface area contributed by atoms with Gasteiger partial charge >= 0.3 is 5.97 Å². The van der Waals surface area contributed by atoms with E-state index < -0.39 is 5.97 Å². The maximum absolute atomic E-state index is 12.6. The minimum atomic E-state index is -0.800. The molecule has 1 fully saturated rings. The number of carbonyl (C=O) groups excluding carboxylic acids is 1. The molecular formula is C22H26ClN3O3. The van der Waals surface area contributed by atoms with E-state index in [2.05, 4.69) is 0 Å². The molecule has 1 unspecified atom stereocenters. The molecule has 6 nitrogen and oxygen atoms in total. The van der Waals surface area contributed by atoms with Gasteiger partial charge in [0.2, 0.25) is 5.91 Å². The lowest BCUT2D eigenvalue weighted by Gasteiger charge is -2.32. The van der Waals surface area contributed by atoms with Crippen molar-refractivity contribution in [3.8, 4) is 11.1 Å². The zero-order chi connectivity index (χ0) is 20.1. The number of nitrogen functional groups attached to an aromatic ring is 1. The summed E-state index contributed by atoms with van der Waals surface area (Å²) in [6.45, 7) is 1.24. The molecule has 154 valence electrons. The van der Waals surface area contributed by atoms with Gasteiger partial charge in [0.25, 0.3) is 0 Å². The molecule has 4 N–H and O–H groups in total. The van der Waals surface area contributed by atoms with Crippen molar-refractivity contribution in [2.75, 3.05) is 13.1 Å². The monoisotopic (exact) mass is 415 g/mol. The first-order chi connectivity index (χ1) is 13.4. The second-order valence-electron chi connectivity index (χ2n) is 7.31. The summed E-state index contributed by atoms with van der Waals surface area (Å²) in [5.74, 6) is -0.654. The molecule has 1 saturated heterocycles. The van der Waals surface area contributed by atoms with Crippen LogP contribution in [0.25, 0.3) is 11.1 Å². The van der Waals surface area contributed by atoms with Crippen LogP contribution in [0.1, 0.15) is 30.4 Å². The Kier molecular flexibility index (Phi) is 7.79. The SMILES string of the molecule is Cl.N=C(N)c1ccc(-c2ccc(CC(=O)N3CCCC(CC(=O)O)C3)cc2)cc1. The van der Waals surface area contributed by atoms with Crippen molar-refractivity contribution in [3.05, 3.63) is 59.7 Å². The Morgan fingerprint density at radius 1 is 1.07 bits per heavy atom. The number of likely N-dealkylation sites (tertiary alicyclic amines) is 1. The lowest BCUT2D eigenvalue weighted by molar-refractivity contribution is -0.140. The van der Waals surface area contributed by atoms with Crippen molar-refractivity contribution in [3.63, 3.8) is 0 Å². The van der Waals surface area contributed by atoms with Gasteiger partial charge in [-0.3, -0.25) is 15.0 Å². The van der Waals surface area contributed by atoms with Gasteiger partial charge in [0, 0.05) is 25.1 Å². The van der Waals surface area contributed by atoms with Crippen LogP contribution in [0, 0.1) is 11.3 Å². The summed E-state index contributed by atoms with van der Waals surface area (Å²) in [6, 6.07) is 15.3. The number of nitrogens with zero attached hydrogens (tertiary/aromatic N) is 1. The number of carboxylic acid groups (broad SMARTS) is 1. The van der Waals surface area contributed by atoms with Gasteiger partial charge in [0.1, 0.15) is 5.84 Å². The van der Waals surface area contributed by atoms with Crippen molar-refractivity contribution in [1.29, 1.82) is 5.41 Å². The van der Waals surface area contributed by atoms with E-state index in [1.807, 2.05) is 48.5 Å². The molecule has 0 spiro atoms. The van der Waals surface area contributed by atoms with Crippen molar-refractivity contribution >= 4 is 30.1 Å². The second-order valence-corrected chi connectivity index (χ2v) is 7.31. The molecule has 1 amide bonds. The summed E-state index contributed by atoms with van der Waals surface area (Å²) in [5.41, 5.74) is 9.17. The minimum Gasteiger partial charge on any atom is -0.481 e. The maximum Gasteiger partial charge on any atom is 0.303 e. The van der Waals surface area contributed by atoms with Gasteiger partial charge in [-0.1, -0.05) is 48.5 Å². The lowest BCUT2D eigenvalue weighted by Crippen LogP contribution is -2.41. The molecule has 0 saturated carbocycles. The van der Waals surface area contributed by atoms with Gasteiger partial charge in [-0.2, -0.15) is 0 Å². The molecule has 2 aromatic rings. The lowest BCUT2D eigenvalue weighted by atomic mass is 9.94. The highest BCUT2D eigenvalue weighted by atomic mass is 35.5. The van der Waals surface area contributed by atoms with Crippen LogP contribution in [0.4, 0.5) is 0 Å². The molecule has 2 aromatic carbocycles. The number of benzene rings is 2. The number of carbonyl (C=O) groups is 2. The van der Waals surface area contributed by atoms with Gasteiger partial charge in [0.05, 0.1) is 6.42 Å². The molecule has 7 heteroatoms. The number of nitrogens with one attached hydrogen (secondary N) is 1. The highest BCUT2D eigenvalue weighted by Gasteiger charge is 2.25. The van der Waals surface area contributed by atoms with Crippen LogP contribution in [0.5, 0.6) is 0 Å². The molecule has 0 aromatic heterocycles. The smallest absolute Gasteiger partial charge is 0.303 e. The number of carboxylic acids is 1. The van der Waals surface area contributed by atoms with E-state index in [0.717, 1.165) is 29.5 Å². The molecule has 1 aliphatic rings. The van der Waals surface area contributed by atoms with Gasteiger partial charge in [-0.25, -0.2) is 0 Å². The number of hydrogen-bond acceptors (Lipinski definition) is 3. The van der Waals surface area contributed by atoms with Gasteiger partial charge in [0.15, 0.2) is 0 Å². The van der Waals surface area contributed by atoms with Crippen molar-refractivity contribution in [1.82, 2.24) is 4.90 Å². The summed E-state index contributed by atoms with van der Waals surface area (Å²) in [7, 11) is 0. The standard InChI is InChI=1S/C22H25N3O3.ClH/c23-22(24)19-9-7-18(8-10-19)17-5-3-15(4-6-17)12-20(26)25-11-1-2-16(14-25)13-21(27)28;/h3-10,16H,1-2,11-14H2,(H3,23,24)(H,27,28);1H. The first kappa shape index (κ1) is 22.4. The Bertz CT molecular complexity index is 866. The number of amides is 1. The number of halogens is 1. The number of rotatable bonds is 6. The van der Waals surface area contributed by atoms with Crippen LogP contribution in [-0.4, -0.2) is 40.8 Å². The molecule has 29 heavy (non-hydrogen) atoms. The molecular weight excluding hydrogens is 390 g/mol. The molecule has 0 bridgehead atoms. The summed E-state index contributed by atoms with van der Waals surface area (Å²) in [5, 5.41) is 16.4. The Morgan fingerprint density at radius 3 is 2.21 bits per heavy atom. The van der Waals surface area contributed by atoms with E-state index in [1.54, 1.807) is 4.90 Å². The molecule has 3 rings (SSSR count). The zero-order valence-corrected chi connectivity index (χ0v) is 17.0. The Hall–Kier alpha value is -2.86. The fourth-order valence-electron chi connectivity index (χ4n) is 3.65. The molecule has 0 radical (unpaired) electrons. The number of hydrogen-bond donors (Lipinski definition) is 3. The van der Waals surface area contributed by atoms with Crippen LogP contribution >= 0.6 is 12.4 Å². The summed E-state index contributed by atoms with van der Waals surface area (Å²) in [4.78, 5) is 25.3. The van der Waals surface area contributed by atoms with Gasteiger partial charge in [-0.15, -0.1) is 12.4 Å². The molecule has 1 heterocycles. The first-order valence-electron chi connectivity index (χ1n) is 9.45. The van der Waals surface area contributed by atoms with Crippen LogP contribution < -0.4 is 5.73 Å². The summed E-state index contributed by atoms with van der Waals surface area (Å²) >= 11 is 0. The Balaban J connectivity index is 0.00000300. The minimum absolute atomic E-state index is 0. The van der Waals surface area contributed by atoms with Crippen molar-refractivity contribution in [2.24, 2.45) is 11.7 Å². The van der Waals surface area contributed by atoms with E-state index in [4.69, 9.17) is 16.2 Å². The first-order valence-corrected chi connectivity index (χ1v) is 9.45. The van der Waals surface area contributed by atoms with Crippen molar-refractivity contribution < 1.29 is 14.7 Å². The number of amidine groups is 1. The predicted molar refractivity (Wildman–Crippen MR) is 115 cm³/mol. The van der Waals surface area contributed by atoms with E-state index >= 15 is 0 Å². The third-order valence-corrected chi connectivity index (χ3v) is 5.17. The molecule has 0 aliphatic carbocycles. The zero-order valence-electron chi connectivity index (χ0n) is 16.1. The second kappa shape index (κ2) is 10.1. The van der Waals surface area contributed by atoms with Gasteiger partial charge < -0.3 is 15.7 Å². The van der Waals surface area contributed by atoms with Crippen LogP contribution in [0.15, 0.2) is 48.5 Å². The van der Waals surface area contributed by atoms with E-state index in [-0.39, 0.29) is 36.5 Å². The van der Waals surface area contributed by atoms with E-state index in [9.17, 15) is 9.59 Å². The largest absolute Gasteiger partial charge is 0.481 e. The fourth-order valence-corrected chi connectivity index (χ4v) is 3.65. The number of aliphatic carboxylic acids is 1. The molecule has 1 aliphatic heterocycles. The number of piperidine rings is 1. The predicted octanol–water partition coefficient (Wildman–Crippen LogP) is 3.32. The van der Waals surface area contributed by atoms with E-state index in [1.165, 1.54) is 0 Å². The van der Waals surface area contributed by atoms with Crippen molar-refractivity contribution in [2.45, 2.75) is 25.7 Å². The third-order valence-electron chi connectivity index (χ3n) is 5.17. The third kappa shape index (κ3) is 6.06. The summed E-state index contributed by atoms with van der Waals surface area (Å²) < 4.78 is 0. The summed E-state index contributed by atoms with van der Waals surface area (Å²) in [6.07, 6.45) is 2.18. The van der Waals surface area contributed by atoms with Gasteiger partial charge in [-0.05, 0) is 35.4 Å². The Labute approximate surface area is 176 Å². The van der Waals surface area contributed by atoms with Crippen LogP contribution in [0.2, 0.25) is 0 Å². The van der Waals surface area contributed by atoms with Crippen LogP contribution in [0.3, 0.4) is 0 Å². The van der Waals surface area contributed by atoms with E-state index in [0.29, 0.717) is 25.1 Å². The normalized spacial score (nSPS) is 16.0. The maximum atomic E-state index is 12.6. The topological polar surface area (TPSA) is 107 Å². The average molecular weight is 416 g/mol. The number of nitrogens with two attached hydrogens (primary N) is 1. The quantitative estimate of drug-likeness (QED) is 0.496. The fraction of sp³-hybridized carbons (Fsp3) is 0.318.